The number of carbonyl (C=O) groups excluding carboxylic acids is 1. The first-order chi connectivity index (χ1) is 14.5. The number of phenols is 1. The van der Waals surface area contributed by atoms with Crippen LogP contribution in [0.15, 0.2) is 66.9 Å². The molecule has 2 N–H and O–H groups in total. The highest BCUT2D eigenvalue weighted by Gasteiger charge is 2.16. The van der Waals surface area contributed by atoms with E-state index in [-0.39, 0.29) is 18.2 Å². The number of hydrogen-bond donors (Lipinski definition) is 2. The lowest BCUT2D eigenvalue weighted by atomic mass is 10.0. The fourth-order valence-electron chi connectivity index (χ4n) is 3.54. The molecule has 0 aliphatic carbocycles. The zero-order valence-corrected chi connectivity index (χ0v) is 16.9. The minimum atomic E-state index is -0.201. The molecule has 2 aromatic carbocycles. The average molecular weight is 401 g/mol. The van der Waals surface area contributed by atoms with Gasteiger partial charge < -0.3 is 10.4 Å². The summed E-state index contributed by atoms with van der Waals surface area (Å²) in [6.07, 6.45) is 1.84. The van der Waals surface area contributed by atoms with Gasteiger partial charge in [0.1, 0.15) is 12.3 Å². The molecule has 30 heavy (non-hydrogen) atoms. The molecule has 0 unspecified atom stereocenters. The number of hydrogen-bond acceptors (Lipinski definition) is 4. The predicted octanol–water partition coefficient (Wildman–Crippen LogP) is 3.76. The summed E-state index contributed by atoms with van der Waals surface area (Å²) < 4.78 is 3.46. The Bertz CT molecular complexity index is 1180. The molecule has 0 aliphatic heterocycles. The Labute approximate surface area is 174 Å². The van der Waals surface area contributed by atoms with Crippen LogP contribution in [0.3, 0.4) is 0 Å². The van der Waals surface area contributed by atoms with E-state index < -0.39 is 0 Å². The topological polar surface area (TPSA) is 85.0 Å². The van der Waals surface area contributed by atoms with Gasteiger partial charge in [0, 0.05) is 23.5 Å². The van der Waals surface area contributed by atoms with Gasteiger partial charge in [-0.2, -0.15) is 10.2 Å². The van der Waals surface area contributed by atoms with Crippen molar-refractivity contribution in [3.8, 4) is 16.9 Å². The number of rotatable bonds is 6. The molecule has 0 fully saturated rings. The highest BCUT2D eigenvalue weighted by molar-refractivity contribution is 5.89. The number of aromatic hydroxyl groups is 1. The molecular formula is C23H23N5O2. The Balaban J connectivity index is 1.44. The lowest BCUT2D eigenvalue weighted by Crippen LogP contribution is -2.20. The quantitative estimate of drug-likeness (QED) is 0.515. The van der Waals surface area contributed by atoms with Gasteiger partial charge in [0.05, 0.1) is 12.2 Å². The molecule has 7 nitrogen and oxygen atoms in total. The summed E-state index contributed by atoms with van der Waals surface area (Å²) in [5, 5.41) is 21.5. The second-order valence-electron chi connectivity index (χ2n) is 7.19. The molecule has 2 heterocycles. The Hall–Kier alpha value is -3.87. The fourth-order valence-corrected chi connectivity index (χ4v) is 3.54. The van der Waals surface area contributed by atoms with E-state index in [2.05, 4.69) is 15.5 Å². The zero-order chi connectivity index (χ0) is 21.1. The van der Waals surface area contributed by atoms with Crippen molar-refractivity contribution in [2.75, 3.05) is 5.32 Å². The van der Waals surface area contributed by atoms with Gasteiger partial charge in [-0.05, 0) is 37.1 Å². The van der Waals surface area contributed by atoms with Gasteiger partial charge in [0.25, 0.3) is 0 Å². The molecule has 0 saturated carbocycles. The number of anilines is 1. The van der Waals surface area contributed by atoms with Gasteiger partial charge in [-0.3, -0.25) is 14.2 Å². The van der Waals surface area contributed by atoms with E-state index in [4.69, 9.17) is 0 Å². The molecular weight excluding hydrogens is 378 g/mol. The second-order valence-corrected chi connectivity index (χ2v) is 7.19. The normalized spacial score (nSPS) is 10.9. The number of nitrogens with zero attached hydrogens (tertiary/aromatic N) is 4. The van der Waals surface area contributed by atoms with Crippen LogP contribution in [0.1, 0.15) is 17.0 Å². The van der Waals surface area contributed by atoms with Crippen LogP contribution in [0.25, 0.3) is 11.1 Å². The number of nitrogens with one attached hydrogen (secondary N) is 1. The minimum Gasteiger partial charge on any atom is -0.508 e. The summed E-state index contributed by atoms with van der Waals surface area (Å²) >= 11 is 0. The van der Waals surface area contributed by atoms with Crippen molar-refractivity contribution in [3.05, 3.63) is 83.8 Å². The Kier molecular flexibility index (Phi) is 5.34. The first kappa shape index (κ1) is 19.4. The van der Waals surface area contributed by atoms with Crippen LogP contribution in [-0.2, 0) is 17.9 Å². The Morgan fingerprint density at radius 2 is 1.83 bits per heavy atom. The third-order valence-corrected chi connectivity index (χ3v) is 4.91. The third kappa shape index (κ3) is 4.25. The molecule has 4 rings (SSSR count). The summed E-state index contributed by atoms with van der Waals surface area (Å²) in [6, 6.07) is 18.8. The van der Waals surface area contributed by atoms with E-state index in [9.17, 15) is 9.90 Å². The summed E-state index contributed by atoms with van der Waals surface area (Å²) in [5.41, 5.74) is 4.60. The number of benzene rings is 2. The van der Waals surface area contributed by atoms with Crippen molar-refractivity contribution in [1.82, 2.24) is 19.6 Å². The summed E-state index contributed by atoms with van der Waals surface area (Å²) in [5.74, 6) is 0.501. The zero-order valence-electron chi connectivity index (χ0n) is 16.9. The molecule has 0 aliphatic rings. The lowest BCUT2D eigenvalue weighted by Gasteiger charge is -2.06. The average Bonchev–Trinajstić information content (AvgIpc) is 3.26. The molecule has 152 valence electrons. The van der Waals surface area contributed by atoms with Crippen LogP contribution in [0.4, 0.5) is 5.82 Å². The molecule has 0 spiro atoms. The molecule has 7 heteroatoms. The summed E-state index contributed by atoms with van der Waals surface area (Å²) in [4.78, 5) is 12.6. The number of aromatic nitrogens is 4. The van der Waals surface area contributed by atoms with Crippen LogP contribution in [-0.4, -0.2) is 30.6 Å². The number of aryl methyl sites for hydroxylation is 1. The van der Waals surface area contributed by atoms with Gasteiger partial charge in [-0.1, -0.05) is 42.5 Å². The van der Waals surface area contributed by atoms with Crippen molar-refractivity contribution in [3.63, 3.8) is 0 Å². The van der Waals surface area contributed by atoms with E-state index >= 15 is 0 Å². The largest absolute Gasteiger partial charge is 0.508 e. The second kappa shape index (κ2) is 8.24. The van der Waals surface area contributed by atoms with Crippen LogP contribution >= 0.6 is 0 Å². The Morgan fingerprint density at radius 1 is 1.03 bits per heavy atom. The van der Waals surface area contributed by atoms with Crippen molar-refractivity contribution in [2.45, 2.75) is 26.9 Å². The van der Waals surface area contributed by atoms with Crippen molar-refractivity contribution in [2.24, 2.45) is 0 Å². The van der Waals surface area contributed by atoms with Crippen LogP contribution < -0.4 is 5.32 Å². The SMILES string of the molecule is Cc1nn(CC(=O)Nc2ccn(Cc3ccccc3)n2)c(C)c1-c1cccc(O)c1. The maximum atomic E-state index is 12.6. The number of carbonyl (C=O) groups is 1. The van der Waals surface area contributed by atoms with Crippen molar-refractivity contribution < 1.29 is 9.90 Å². The monoisotopic (exact) mass is 401 g/mol. The van der Waals surface area contributed by atoms with Gasteiger partial charge in [0.15, 0.2) is 5.82 Å². The van der Waals surface area contributed by atoms with Crippen LogP contribution in [0.5, 0.6) is 5.75 Å². The lowest BCUT2D eigenvalue weighted by molar-refractivity contribution is -0.117. The van der Waals surface area contributed by atoms with E-state index in [1.807, 2.05) is 56.4 Å². The molecule has 2 aromatic heterocycles. The summed E-state index contributed by atoms with van der Waals surface area (Å²) in [7, 11) is 0. The maximum absolute atomic E-state index is 12.6. The van der Waals surface area contributed by atoms with E-state index in [0.29, 0.717) is 12.4 Å². The fraction of sp³-hybridized carbons (Fsp3) is 0.174. The van der Waals surface area contributed by atoms with Gasteiger partial charge in [-0.15, -0.1) is 0 Å². The predicted molar refractivity (Wildman–Crippen MR) is 115 cm³/mol. The van der Waals surface area contributed by atoms with Crippen molar-refractivity contribution in [1.29, 1.82) is 0 Å². The number of phenolic OH excluding ortho intramolecular Hbond substituents is 1. The highest BCUT2D eigenvalue weighted by atomic mass is 16.3. The first-order valence-corrected chi connectivity index (χ1v) is 9.70. The molecule has 1 amide bonds. The Morgan fingerprint density at radius 3 is 2.60 bits per heavy atom. The van der Waals surface area contributed by atoms with Crippen LogP contribution in [0.2, 0.25) is 0 Å². The van der Waals surface area contributed by atoms with E-state index in [1.165, 1.54) is 0 Å². The van der Waals surface area contributed by atoms with Gasteiger partial charge in [-0.25, -0.2) is 0 Å². The third-order valence-electron chi connectivity index (χ3n) is 4.91. The molecule has 0 saturated heterocycles. The smallest absolute Gasteiger partial charge is 0.247 e. The first-order valence-electron chi connectivity index (χ1n) is 9.70. The van der Waals surface area contributed by atoms with Gasteiger partial charge in [0.2, 0.25) is 5.91 Å². The molecule has 0 atom stereocenters. The molecule has 0 radical (unpaired) electrons. The van der Waals surface area contributed by atoms with Crippen LogP contribution in [0, 0.1) is 13.8 Å². The standard InChI is InChI=1S/C23H23N5O2/c1-16-23(19-9-6-10-20(29)13-19)17(2)28(25-16)15-22(30)24-21-11-12-27(26-21)14-18-7-4-3-5-8-18/h3-13,29H,14-15H2,1-2H3,(H,24,26,30). The molecule has 4 aromatic rings. The highest BCUT2D eigenvalue weighted by Crippen LogP contribution is 2.29. The maximum Gasteiger partial charge on any atom is 0.247 e. The van der Waals surface area contributed by atoms with Crippen molar-refractivity contribution >= 4 is 11.7 Å². The number of amides is 1. The minimum absolute atomic E-state index is 0.0804. The molecule has 0 bridgehead atoms. The summed E-state index contributed by atoms with van der Waals surface area (Å²) in [6.45, 7) is 4.53. The van der Waals surface area contributed by atoms with Gasteiger partial charge >= 0.3 is 0 Å². The van der Waals surface area contributed by atoms with E-state index in [1.54, 1.807) is 33.6 Å². The van der Waals surface area contributed by atoms with E-state index in [0.717, 1.165) is 28.1 Å².